The SMILES string of the molecule is CCCCN(CCCC)CC(CC)(CC)CNCC(C)C. The van der Waals surface area contributed by atoms with Gasteiger partial charge in [0.2, 0.25) is 0 Å². The van der Waals surface area contributed by atoms with Crippen LogP contribution in [0.15, 0.2) is 0 Å². The van der Waals surface area contributed by atoms with Crippen molar-refractivity contribution in [3.63, 3.8) is 0 Å². The van der Waals surface area contributed by atoms with Crippen molar-refractivity contribution < 1.29 is 0 Å². The third kappa shape index (κ3) is 9.52. The Kier molecular flexibility index (Phi) is 12.4. The summed E-state index contributed by atoms with van der Waals surface area (Å²) in [4.78, 5) is 2.73. The number of hydrogen-bond donors (Lipinski definition) is 1. The van der Waals surface area contributed by atoms with E-state index in [1.165, 1.54) is 64.7 Å². The van der Waals surface area contributed by atoms with Crippen molar-refractivity contribution in [2.24, 2.45) is 11.3 Å². The third-order valence-electron chi connectivity index (χ3n) is 4.77. The molecule has 0 bridgehead atoms. The molecule has 0 unspecified atom stereocenters. The summed E-state index contributed by atoms with van der Waals surface area (Å²) in [5.41, 5.74) is 0.455. The van der Waals surface area contributed by atoms with Gasteiger partial charge in [0.15, 0.2) is 0 Å². The van der Waals surface area contributed by atoms with Crippen LogP contribution in [0.1, 0.15) is 80.1 Å². The number of rotatable bonds is 14. The van der Waals surface area contributed by atoms with Gasteiger partial charge in [-0.15, -0.1) is 0 Å². The second-order valence-electron chi connectivity index (χ2n) is 7.22. The summed E-state index contributed by atoms with van der Waals surface area (Å²) >= 11 is 0. The first-order valence-corrected chi connectivity index (χ1v) is 9.46. The lowest BCUT2D eigenvalue weighted by Crippen LogP contribution is -2.45. The molecular weight excluding hydrogens is 256 g/mol. The predicted molar refractivity (Wildman–Crippen MR) is 97.0 cm³/mol. The van der Waals surface area contributed by atoms with Gasteiger partial charge in [0.25, 0.3) is 0 Å². The Balaban J connectivity index is 4.55. The molecule has 1 N–H and O–H groups in total. The van der Waals surface area contributed by atoms with E-state index in [4.69, 9.17) is 0 Å². The highest BCUT2D eigenvalue weighted by atomic mass is 15.1. The number of nitrogens with zero attached hydrogens (tertiary/aromatic N) is 1. The molecule has 21 heavy (non-hydrogen) atoms. The minimum Gasteiger partial charge on any atom is -0.316 e. The normalized spacial score (nSPS) is 12.6. The van der Waals surface area contributed by atoms with E-state index >= 15 is 0 Å². The fraction of sp³-hybridized carbons (Fsp3) is 1.00. The molecule has 0 fully saturated rings. The first kappa shape index (κ1) is 20.9. The summed E-state index contributed by atoms with van der Waals surface area (Å²) in [5.74, 6) is 0.743. The molecule has 0 aliphatic rings. The minimum atomic E-state index is 0.455. The van der Waals surface area contributed by atoms with Gasteiger partial charge in [-0.25, -0.2) is 0 Å². The molecule has 0 radical (unpaired) electrons. The van der Waals surface area contributed by atoms with Crippen LogP contribution in [0.25, 0.3) is 0 Å². The second kappa shape index (κ2) is 12.5. The van der Waals surface area contributed by atoms with Gasteiger partial charge in [-0.3, -0.25) is 0 Å². The number of hydrogen-bond acceptors (Lipinski definition) is 2. The lowest BCUT2D eigenvalue weighted by atomic mass is 9.81. The quantitative estimate of drug-likeness (QED) is 0.488. The molecule has 0 aromatic rings. The van der Waals surface area contributed by atoms with Crippen molar-refractivity contribution in [1.82, 2.24) is 10.2 Å². The van der Waals surface area contributed by atoms with Gasteiger partial charge >= 0.3 is 0 Å². The summed E-state index contributed by atoms with van der Waals surface area (Å²) in [6.07, 6.45) is 7.85. The zero-order valence-corrected chi connectivity index (χ0v) is 15.8. The van der Waals surface area contributed by atoms with Crippen LogP contribution in [0.3, 0.4) is 0 Å². The Hall–Kier alpha value is -0.0800. The number of nitrogens with one attached hydrogen (secondary N) is 1. The zero-order chi connectivity index (χ0) is 16.1. The van der Waals surface area contributed by atoms with Crippen LogP contribution in [0.5, 0.6) is 0 Å². The maximum Gasteiger partial charge on any atom is 0.00499 e. The highest BCUT2D eigenvalue weighted by Crippen LogP contribution is 2.27. The van der Waals surface area contributed by atoms with Gasteiger partial charge in [0, 0.05) is 13.1 Å². The summed E-state index contributed by atoms with van der Waals surface area (Å²) in [7, 11) is 0. The van der Waals surface area contributed by atoms with Gasteiger partial charge in [-0.1, -0.05) is 54.4 Å². The maximum absolute atomic E-state index is 3.72. The van der Waals surface area contributed by atoms with Crippen LogP contribution >= 0.6 is 0 Å². The molecule has 0 aromatic carbocycles. The molecule has 2 heteroatoms. The van der Waals surface area contributed by atoms with Gasteiger partial charge in [0.1, 0.15) is 0 Å². The third-order valence-corrected chi connectivity index (χ3v) is 4.77. The van der Waals surface area contributed by atoms with E-state index in [1.807, 2.05) is 0 Å². The molecule has 0 amide bonds. The molecule has 0 aromatic heterocycles. The Morgan fingerprint density at radius 2 is 1.43 bits per heavy atom. The highest BCUT2D eigenvalue weighted by molar-refractivity contribution is 4.83. The van der Waals surface area contributed by atoms with E-state index in [1.54, 1.807) is 0 Å². The maximum atomic E-state index is 3.72. The van der Waals surface area contributed by atoms with Crippen LogP contribution in [-0.4, -0.2) is 37.6 Å². The molecule has 0 spiro atoms. The fourth-order valence-corrected chi connectivity index (χ4v) is 2.91. The molecular formula is C19H42N2. The summed E-state index contributed by atoms with van der Waals surface area (Å²) in [6.45, 7) is 20.1. The Bertz CT molecular complexity index is 214. The summed E-state index contributed by atoms with van der Waals surface area (Å²) < 4.78 is 0. The van der Waals surface area contributed by atoms with Crippen molar-refractivity contribution in [1.29, 1.82) is 0 Å². The Labute approximate surface area is 135 Å². The molecule has 0 aliphatic carbocycles. The van der Waals surface area contributed by atoms with Gasteiger partial charge < -0.3 is 10.2 Å². The van der Waals surface area contributed by atoms with Gasteiger partial charge in [-0.2, -0.15) is 0 Å². The average Bonchev–Trinajstić information content (AvgIpc) is 2.48. The Morgan fingerprint density at radius 3 is 1.81 bits per heavy atom. The molecule has 0 saturated carbocycles. The van der Waals surface area contributed by atoms with Gasteiger partial charge in [-0.05, 0) is 56.7 Å². The van der Waals surface area contributed by atoms with E-state index in [0.717, 1.165) is 12.5 Å². The van der Waals surface area contributed by atoms with Crippen molar-refractivity contribution in [3.05, 3.63) is 0 Å². The van der Waals surface area contributed by atoms with E-state index in [-0.39, 0.29) is 0 Å². The van der Waals surface area contributed by atoms with E-state index in [2.05, 4.69) is 51.8 Å². The van der Waals surface area contributed by atoms with E-state index in [9.17, 15) is 0 Å². The van der Waals surface area contributed by atoms with Gasteiger partial charge in [0.05, 0.1) is 0 Å². The molecule has 2 nitrogen and oxygen atoms in total. The molecule has 0 atom stereocenters. The topological polar surface area (TPSA) is 15.3 Å². The van der Waals surface area contributed by atoms with Crippen LogP contribution < -0.4 is 5.32 Å². The monoisotopic (exact) mass is 298 g/mol. The van der Waals surface area contributed by atoms with Crippen LogP contribution in [0.4, 0.5) is 0 Å². The fourth-order valence-electron chi connectivity index (χ4n) is 2.91. The lowest BCUT2D eigenvalue weighted by molar-refractivity contribution is 0.130. The standard InChI is InChI=1S/C19H42N2/c1-7-11-13-21(14-12-8-2)17-19(9-3,10-4)16-20-15-18(5)6/h18,20H,7-17H2,1-6H3. The van der Waals surface area contributed by atoms with E-state index < -0.39 is 0 Å². The molecule has 0 rings (SSSR count). The smallest absolute Gasteiger partial charge is 0.00499 e. The van der Waals surface area contributed by atoms with Crippen molar-refractivity contribution in [2.75, 3.05) is 32.7 Å². The van der Waals surface area contributed by atoms with Crippen molar-refractivity contribution in [3.8, 4) is 0 Å². The first-order valence-electron chi connectivity index (χ1n) is 9.46. The molecule has 0 heterocycles. The lowest BCUT2D eigenvalue weighted by Gasteiger charge is -2.38. The Morgan fingerprint density at radius 1 is 0.905 bits per heavy atom. The van der Waals surface area contributed by atoms with Crippen molar-refractivity contribution in [2.45, 2.75) is 80.1 Å². The van der Waals surface area contributed by atoms with E-state index in [0.29, 0.717) is 5.41 Å². The molecule has 0 aliphatic heterocycles. The summed E-state index contributed by atoms with van der Waals surface area (Å²) in [5, 5.41) is 3.72. The van der Waals surface area contributed by atoms with Crippen LogP contribution in [0.2, 0.25) is 0 Å². The zero-order valence-electron chi connectivity index (χ0n) is 15.8. The largest absolute Gasteiger partial charge is 0.316 e. The second-order valence-corrected chi connectivity index (χ2v) is 7.22. The minimum absolute atomic E-state index is 0.455. The van der Waals surface area contributed by atoms with Crippen LogP contribution in [-0.2, 0) is 0 Å². The molecule has 0 saturated heterocycles. The van der Waals surface area contributed by atoms with Crippen molar-refractivity contribution >= 4 is 0 Å². The number of unbranched alkanes of at least 4 members (excludes halogenated alkanes) is 2. The predicted octanol–water partition coefficient (Wildman–Crippen LogP) is 4.94. The first-order chi connectivity index (χ1) is 10.0. The average molecular weight is 299 g/mol. The summed E-state index contributed by atoms with van der Waals surface area (Å²) in [6, 6.07) is 0. The molecule has 128 valence electrons. The van der Waals surface area contributed by atoms with Crippen LogP contribution in [0, 0.1) is 11.3 Å². The highest BCUT2D eigenvalue weighted by Gasteiger charge is 2.28.